The lowest BCUT2D eigenvalue weighted by molar-refractivity contribution is 0.0229. The molecule has 2 fully saturated rings. The highest BCUT2D eigenvalue weighted by atomic mass is 16.3. The molecule has 2 atom stereocenters. The Balaban J connectivity index is 1.46. The van der Waals surface area contributed by atoms with Crippen LogP contribution in [0.25, 0.3) is 44.2 Å². The molecule has 4 aromatic heterocycles. The van der Waals surface area contributed by atoms with Crippen molar-refractivity contribution >= 4 is 38.7 Å². The van der Waals surface area contributed by atoms with E-state index in [9.17, 15) is 5.11 Å². The summed E-state index contributed by atoms with van der Waals surface area (Å²) in [6.45, 7) is 3.27. The molecule has 0 amide bonds. The van der Waals surface area contributed by atoms with Gasteiger partial charge in [-0.3, -0.25) is 4.98 Å². The number of benzene rings is 1. The minimum atomic E-state index is -0.889. The Hall–Kier alpha value is -3.62. The first-order valence-electron chi connectivity index (χ1n) is 12.8. The zero-order valence-electron chi connectivity index (χ0n) is 20.3. The summed E-state index contributed by atoms with van der Waals surface area (Å²) in [5.41, 5.74) is 3.91. The SMILES string of the molecule is CC1(O)CNCCC1Nc1nc(-c2ccnc3[nH]c4ccccc4c23)nc2cncc(C3CCC3)c12. The summed E-state index contributed by atoms with van der Waals surface area (Å²) in [5.74, 6) is 1.88. The van der Waals surface area contributed by atoms with Crippen molar-refractivity contribution in [3.63, 3.8) is 0 Å². The number of para-hydroxylation sites is 1. The molecule has 1 aliphatic heterocycles. The largest absolute Gasteiger partial charge is 0.387 e. The molecule has 1 aliphatic carbocycles. The summed E-state index contributed by atoms with van der Waals surface area (Å²) in [5, 5.41) is 21.2. The van der Waals surface area contributed by atoms with Gasteiger partial charge in [0.1, 0.15) is 11.5 Å². The Kier molecular flexibility index (Phi) is 4.94. The average Bonchev–Trinajstić information content (AvgIpc) is 3.23. The number of aliphatic hydroxyl groups is 1. The number of rotatable bonds is 4. The molecule has 182 valence electrons. The van der Waals surface area contributed by atoms with Crippen molar-refractivity contribution in [2.24, 2.45) is 0 Å². The van der Waals surface area contributed by atoms with Gasteiger partial charge in [-0.1, -0.05) is 24.6 Å². The number of hydrogen-bond donors (Lipinski definition) is 4. The van der Waals surface area contributed by atoms with Crippen LogP contribution in [0.1, 0.15) is 44.1 Å². The molecule has 1 saturated heterocycles. The van der Waals surface area contributed by atoms with Crippen LogP contribution in [0.4, 0.5) is 5.82 Å². The van der Waals surface area contributed by atoms with Crippen molar-refractivity contribution in [3.05, 3.63) is 54.5 Å². The zero-order valence-corrected chi connectivity index (χ0v) is 20.3. The van der Waals surface area contributed by atoms with Crippen LogP contribution in [0.3, 0.4) is 0 Å². The Labute approximate surface area is 208 Å². The zero-order chi connectivity index (χ0) is 24.3. The van der Waals surface area contributed by atoms with E-state index in [2.05, 4.69) is 37.7 Å². The number of nitrogens with zero attached hydrogens (tertiary/aromatic N) is 4. The van der Waals surface area contributed by atoms with Crippen molar-refractivity contribution in [1.29, 1.82) is 0 Å². The van der Waals surface area contributed by atoms with Crippen molar-refractivity contribution < 1.29 is 5.11 Å². The Bertz CT molecular complexity index is 1600. The van der Waals surface area contributed by atoms with Gasteiger partial charge in [-0.25, -0.2) is 15.0 Å². The Morgan fingerprint density at radius 2 is 1.94 bits per heavy atom. The van der Waals surface area contributed by atoms with Gasteiger partial charge in [-0.05, 0) is 56.3 Å². The molecule has 0 radical (unpaired) electrons. The van der Waals surface area contributed by atoms with Crippen LogP contribution in [-0.4, -0.2) is 54.8 Å². The highest BCUT2D eigenvalue weighted by Gasteiger charge is 2.35. The van der Waals surface area contributed by atoms with Crippen LogP contribution in [0, 0.1) is 0 Å². The monoisotopic (exact) mass is 479 g/mol. The number of anilines is 1. The number of piperidine rings is 1. The fourth-order valence-electron chi connectivity index (χ4n) is 5.73. The predicted octanol–water partition coefficient (Wildman–Crippen LogP) is 4.51. The lowest BCUT2D eigenvalue weighted by atomic mass is 9.79. The fraction of sp³-hybridized carbons (Fsp3) is 0.357. The number of fused-ring (bicyclic) bond motifs is 4. The van der Waals surface area contributed by atoms with Gasteiger partial charge in [0, 0.05) is 46.2 Å². The molecule has 0 bridgehead atoms. The summed E-state index contributed by atoms with van der Waals surface area (Å²) in [6, 6.07) is 10.1. The minimum absolute atomic E-state index is 0.127. The van der Waals surface area contributed by atoms with Gasteiger partial charge < -0.3 is 20.7 Å². The van der Waals surface area contributed by atoms with E-state index < -0.39 is 5.60 Å². The van der Waals surface area contributed by atoms with E-state index in [-0.39, 0.29) is 6.04 Å². The topological polar surface area (TPSA) is 112 Å². The van der Waals surface area contributed by atoms with Gasteiger partial charge in [0.25, 0.3) is 0 Å². The van der Waals surface area contributed by atoms with Crippen LogP contribution >= 0.6 is 0 Å². The molecule has 8 nitrogen and oxygen atoms in total. The number of aromatic nitrogens is 5. The van der Waals surface area contributed by atoms with Gasteiger partial charge in [-0.2, -0.15) is 0 Å². The average molecular weight is 480 g/mol. The first-order valence-corrected chi connectivity index (χ1v) is 12.8. The highest BCUT2D eigenvalue weighted by Crippen LogP contribution is 2.42. The number of β-amino-alcohol motifs (C(OH)–C–C–N with tert-alkyl or cyclic N) is 1. The number of nitrogens with one attached hydrogen (secondary N) is 3. The predicted molar refractivity (Wildman–Crippen MR) is 142 cm³/mol. The Morgan fingerprint density at radius 1 is 1.06 bits per heavy atom. The van der Waals surface area contributed by atoms with E-state index in [4.69, 9.17) is 9.97 Å². The molecular weight excluding hydrogens is 450 g/mol. The molecule has 2 aliphatic rings. The maximum Gasteiger partial charge on any atom is 0.163 e. The van der Waals surface area contributed by atoms with Gasteiger partial charge in [0.15, 0.2) is 5.82 Å². The molecule has 7 rings (SSSR count). The molecular formula is C28H29N7O. The van der Waals surface area contributed by atoms with Crippen LogP contribution in [0.15, 0.2) is 48.9 Å². The second-order valence-corrected chi connectivity index (χ2v) is 10.4. The van der Waals surface area contributed by atoms with E-state index in [1.807, 2.05) is 37.5 Å². The second-order valence-electron chi connectivity index (χ2n) is 10.4. The van der Waals surface area contributed by atoms with Crippen molar-refractivity contribution in [2.75, 3.05) is 18.4 Å². The standard InChI is InChI=1S/C28H29N7O/c1-28(36)15-29-11-10-22(28)34-27-24-19(16-5-4-6-16)13-30-14-21(24)33-25(35-27)18-9-12-31-26-23(18)17-7-2-3-8-20(17)32-26/h2-3,7-9,12-14,16,22,29,36H,4-6,10-11,15H2,1H3,(H,31,32)(H,33,34,35). The minimum Gasteiger partial charge on any atom is -0.387 e. The fourth-order valence-corrected chi connectivity index (χ4v) is 5.73. The van der Waals surface area contributed by atoms with Crippen LogP contribution < -0.4 is 10.6 Å². The van der Waals surface area contributed by atoms with Gasteiger partial charge in [0.05, 0.1) is 23.4 Å². The van der Waals surface area contributed by atoms with Crippen molar-refractivity contribution in [1.82, 2.24) is 30.2 Å². The van der Waals surface area contributed by atoms with E-state index in [0.717, 1.165) is 70.0 Å². The van der Waals surface area contributed by atoms with Crippen molar-refractivity contribution in [2.45, 2.75) is 50.2 Å². The maximum absolute atomic E-state index is 11.1. The molecule has 0 spiro atoms. The van der Waals surface area contributed by atoms with Gasteiger partial charge >= 0.3 is 0 Å². The van der Waals surface area contributed by atoms with E-state index in [1.54, 1.807) is 6.20 Å². The lowest BCUT2D eigenvalue weighted by Crippen LogP contribution is -2.56. The molecule has 1 aromatic carbocycles. The number of hydrogen-bond acceptors (Lipinski definition) is 7. The number of aromatic amines is 1. The summed E-state index contributed by atoms with van der Waals surface area (Å²) >= 11 is 0. The van der Waals surface area contributed by atoms with Gasteiger partial charge in [0.2, 0.25) is 0 Å². The number of H-pyrrole nitrogens is 1. The van der Waals surface area contributed by atoms with E-state index in [1.165, 1.54) is 12.0 Å². The first-order chi connectivity index (χ1) is 17.6. The first kappa shape index (κ1) is 21.6. The summed E-state index contributed by atoms with van der Waals surface area (Å²) in [4.78, 5) is 22.8. The van der Waals surface area contributed by atoms with Gasteiger partial charge in [-0.15, -0.1) is 0 Å². The summed E-state index contributed by atoms with van der Waals surface area (Å²) in [7, 11) is 0. The molecule has 5 aromatic rings. The molecule has 5 heterocycles. The third kappa shape index (κ3) is 3.43. The van der Waals surface area contributed by atoms with Crippen LogP contribution in [-0.2, 0) is 0 Å². The smallest absolute Gasteiger partial charge is 0.163 e. The van der Waals surface area contributed by atoms with Crippen LogP contribution in [0.2, 0.25) is 0 Å². The molecule has 8 heteroatoms. The normalized spacial score (nSPS) is 22.8. The molecule has 1 saturated carbocycles. The van der Waals surface area contributed by atoms with E-state index in [0.29, 0.717) is 18.3 Å². The molecule has 36 heavy (non-hydrogen) atoms. The maximum atomic E-state index is 11.1. The van der Waals surface area contributed by atoms with Crippen molar-refractivity contribution in [3.8, 4) is 11.4 Å². The quantitative estimate of drug-likeness (QED) is 0.300. The number of pyridine rings is 2. The lowest BCUT2D eigenvalue weighted by Gasteiger charge is -2.38. The summed E-state index contributed by atoms with van der Waals surface area (Å²) < 4.78 is 0. The second kappa shape index (κ2) is 8.21. The third-order valence-electron chi connectivity index (χ3n) is 7.98. The molecule has 4 N–H and O–H groups in total. The Morgan fingerprint density at radius 3 is 2.78 bits per heavy atom. The third-order valence-corrected chi connectivity index (χ3v) is 7.98. The molecule has 2 unspecified atom stereocenters. The summed E-state index contributed by atoms with van der Waals surface area (Å²) in [6.07, 6.45) is 9.98. The van der Waals surface area contributed by atoms with Crippen LogP contribution in [0.5, 0.6) is 0 Å². The van der Waals surface area contributed by atoms with E-state index >= 15 is 0 Å². The highest BCUT2D eigenvalue weighted by molar-refractivity contribution is 6.12.